The lowest BCUT2D eigenvalue weighted by atomic mass is 10.0. The van der Waals surface area contributed by atoms with Crippen molar-refractivity contribution in [3.05, 3.63) is 47.6 Å². The summed E-state index contributed by atoms with van der Waals surface area (Å²) in [4.78, 5) is 22.4. The van der Waals surface area contributed by atoms with E-state index in [0.717, 1.165) is 19.3 Å². The Morgan fingerprint density at radius 1 is 1.20 bits per heavy atom. The van der Waals surface area contributed by atoms with Crippen molar-refractivity contribution < 1.29 is 24.2 Å². The average molecular weight is 346 g/mol. The molecule has 1 aromatic carbocycles. The molecule has 1 N–H and O–H groups in total. The molecule has 0 bridgehead atoms. The highest BCUT2D eigenvalue weighted by molar-refractivity contribution is 5.87. The first-order valence-corrected chi connectivity index (χ1v) is 8.36. The van der Waals surface area contributed by atoms with E-state index in [2.05, 4.69) is 31.6 Å². The standard InChI is InChI=1S/C20H26O5/c1-15(2)7-6-8-16(3)13-14-24-19(21)12-11-17-9-4-5-10-18(17)25-20(22)23/h4-5,7,9-12,16H,6,8,13-14H2,1-3H3,(H,22,23)/b12-11+. The van der Waals surface area contributed by atoms with Crippen molar-refractivity contribution in [1.82, 2.24) is 0 Å². The monoisotopic (exact) mass is 346 g/mol. The van der Waals surface area contributed by atoms with Gasteiger partial charge in [-0.05, 0) is 51.2 Å². The van der Waals surface area contributed by atoms with E-state index in [1.54, 1.807) is 18.2 Å². The number of esters is 1. The molecule has 0 fully saturated rings. The summed E-state index contributed by atoms with van der Waals surface area (Å²) in [6, 6.07) is 6.57. The van der Waals surface area contributed by atoms with Gasteiger partial charge in [-0.25, -0.2) is 9.59 Å². The summed E-state index contributed by atoms with van der Waals surface area (Å²) in [5.74, 6) is 0.200. The molecule has 1 aromatic rings. The molecule has 136 valence electrons. The van der Waals surface area contributed by atoms with Gasteiger partial charge >= 0.3 is 12.1 Å². The Morgan fingerprint density at radius 3 is 2.60 bits per heavy atom. The molecular weight excluding hydrogens is 320 g/mol. The second-order valence-corrected chi connectivity index (χ2v) is 6.16. The molecule has 0 aliphatic heterocycles. The number of rotatable bonds is 9. The molecule has 5 heteroatoms. The number of carboxylic acid groups (broad SMARTS) is 1. The number of ether oxygens (including phenoxy) is 2. The van der Waals surface area contributed by atoms with E-state index in [-0.39, 0.29) is 5.75 Å². The molecule has 0 saturated carbocycles. The minimum atomic E-state index is -1.40. The van der Waals surface area contributed by atoms with Crippen LogP contribution in [-0.4, -0.2) is 23.8 Å². The zero-order valence-corrected chi connectivity index (χ0v) is 15.0. The fourth-order valence-electron chi connectivity index (χ4n) is 2.17. The maximum atomic E-state index is 11.8. The first-order valence-electron chi connectivity index (χ1n) is 8.36. The number of hydrogen-bond donors (Lipinski definition) is 1. The molecule has 0 aromatic heterocycles. The van der Waals surface area contributed by atoms with Gasteiger partial charge in [0.2, 0.25) is 0 Å². The van der Waals surface area contributed by atoms with Gasteiger partial charge in [-0.1, -0.05) is 36.8 Å². The topological polar surface area (TPSA) is 72.8 Å². The van der Waals surface area contributed by atoms with Crippen molar-refractivity contribution in [3.8, 4) is 5.75 Å². The van der Waals surface area contributed by atoms with E-state index in [1.807, 2.05) is 0 Å². The molecule has 0 spiro atoms. The van der Waals surface area contributed by atoms with Crippen LogP contribution in [0.2, 0.25) is 0 Å². The van der Waals surface area contributed by atoms with Gasteiger partial charge in [-0.2, -0.15) is 0 Å². The van der Waals surface area contributed by atoms with E-state index in [1.165, 1.54) is 23.8 Å². The second kappa shape index (κ2) is 11.1. The van der Waals surface area contributed by atoms with Gasteiger partial charge < -0.3 is 14.6 Å². The average Bonchev–Trinajstić information content (AvgIpc) is 2.53. The van der Waals surface area contributed by atoms with Crippen LogP contribution in [0.5, 0.6) is 5.75 Å². The summed E-state index contributed by atoms with van der Waals surface area (Å²) >= 11 is 0. The predicted molar refractivity (Wildman–Crippen MR) is 97.5 cm³/mol. The first kappa shape index (κ1) is 20.5. The Kier molecular flexibility index (Phi) is 9.07. The van der Waals surface area contributed by atoms with Crippen LogP contribution in [0.4, 0.5) is 4.79 Å². The molecule has 1 rings (SSSR count). The molecule has 1 unspecified atom stereocenters. The van der Waals surface area contributed by atoms with Crippen molar-refractivity contribution in [3.63, 3.8) is 0 Å². The van der Waals surface area contributed by atoms with Gasteiger partial charge in [0.15, 0.2) is 0 Å². The van der Waals surface area contributed by atoms with Crippen molar-refractivity contribution >= 4 is 18.2 Å². The van der Waals surface area contributed by atoms with E-state index < -0.39 is 12.1 Å². The van der Waals surface area contributed by atoms with Crippen molar-refractivity contribution in [2.75, 3.05) is 6.61 Å². The molecule has 0 aliphatic carbocycles. The van der Waals surface area contributed by atoms with Gasteiger partial charge in [0.25, 0.3) is 0 Å². The lowest BCUT2D eigenvalue weighted by Gasteiger charge is -2.09. The zero-order chi connectivity index (χ0) is 18.7. The Morgan fingerprint density at radius 2 is 1.92 bits per heavy atom. The summed E-state index contributed by atoms with van der Waals surface area (Å²) in [7, 11) is 0. The van der Waals surface area contributed by atoms with E-state index in [4.69, 9.17) is 9.84 Å². The summed E-state index contributed by atoms with van der Waals surface area (Å²) in [6.07, 6.45) is 6.49. The third-order valence-corrected chi connectivity index (χ3v) is 3.58. The number of benzene rings is 1. The second-order valence-electron chi connectivity index (χ2n) is 6.16. The zero-order valence-electron chi connectivity index (χ0n) is 15.0. The number of allylic oxidation sites excluding steroid dienone is 2. The third-order valence-electron chi connectivity index (χ3n) is 3.58. The third kappa shape index (κ3) is 9.35. The molecule has 0 amide bonds. The molecule has 5 nitrogen and oxygen atoms in total. The minimum Gasteiger partial charge on any atom is -0.463 e. The molecular formula is C20H26O5. The van der Waals surface area contributed by atoms with Gasteiger partial charge in [0.1, 0.15) is 5.75 Å². The van der Waals surface area contributed by atoms with Crippen LogP contribution >= 0.6 is 0 Å². The number of hydrogen-bond acceptors (Lipinski definition) is 4. The highest BCUT2D eigenvalue weighted by atomic mass is 16.7. The molecule has 0 radical (unpaired) electrons. The Balaban J connectivity index is 2.41. The van der Waals surface area contributed by atoms with Crippen molar-refractivity contribution in [2.45, 2.75) is 40.0 Å². The maximum Gasteiger partial charge on any atom is 0.511 e. The normalized spacial score (nSPS) is 11.8. The quantitative estimate of drug-likeness (QED) is 0.292. The van der Waals surface area contributed by atoms with Gasteiger partial charge in [0.05, 0.1) is 6.61 Å². The lowest BCUT2D eigenvalue weighted by molar-refractivity contribution is -0.138. The summed E-state index contributed by atoms with van der Waals surface area (Å²) in [6.45, 7) is 6.67. The van der Waals surface area contributed by atoms with Crippen LogP contribution in [0, 0.1) is 5.92 Å². The van der Waals surface area contributed by atoms with E-state index in [0.29, 0.717) is 18.1 Å². The minimum absolute atomic E-state index is 0.173. The van der Waals surface area contributed by atoms with E-state index >= 15 is 0 Å². The predicted octanol–water partition coefficient (Wildman–Crippen LogP) is 5.07. The van der Waals surface area contributed by atoms with Crippen LogP contribution in [0.15, 0.2) is 42.0 Å². The van der Waals surface area contributed by atoms with Crippen LogP contribution in [-0.2, 0) is 9.53 Å². The maximum absolute atomic E-state index is 11.8. The van der Waals surface area contributed by atoms with Crippen LogP contribution in [0.25, 0.3) is 6.08 Å². The Bertz CT molecular complexity index is 627. The number of carbonyl (C=O) groups excluding carboxylic acids is 1. The Hall–Kier alpha value is -2.56. The number of para-hydroxylation sites is 1. The van der Waals surface area contributed by atoms with Gasteiger partial charge in [-0.3, -0.25) is 0 Å². The molecule has 0 saturated heterocycles. The highest BCUT2D eigenvalue weighted by Gasteiger charge is 2.06. The van der Waals surface area contributed by atoms with Crippen molar-refractivity contribution in [1.29, 1.82) is 0 Å². The van der Waals surface area contributed by atoms with Crippen LogP contribution < -0.4 is 4.74 Å². The van der Waals surface area contributed by atoms with Crippen LogP contribution in [0.3, 0.4) is 0 Å². The largest absolute Gasteiger partial charge is 0.511 e. The van der Waals surface area contributed by atoms with Gasteiger partial charge in [-0.15, -0.1) is 0 Å². The fraction of sp³-hybridized carbons (Fsp3) is 0.400. The van der Waals surface area contributed by atoms with Crippen molar-refractivity contribution in [2.24, 2.45) is 5.92 Å². The smallest absolute Gasteiger partial charge is 0.463 e. The SMILES string of the molecule is CC(C)=CCCC(C)CCOC(=O)/C=C/c1ccccc1OC(=O)O. The molecule has 25 heavy (non-hydrogen) atoms. The lowest BCUT2D eigenvalue weighted by Crippen LogP contribution is -2.06. The number of carbonyl (C=O) groups is 2. The highest BCUT2D eigenvalue weighted by Crippen LogP contribution is 2.19. The molecule has 0 heterocycles. The molecule has 1 atom stereocenters. The summed E-state index contributed by atoms with van der Waals surface area (Å²) < 4.78 is 9.84. The Labute approximate surface area is 149 Å². The molecule has 0 aliphatic rings. The summed E-state index contributed by atoms with van der Waals surface area (Å²) in [5, 5.41) is 8.69. The van der Waals surface area contributed by atoms with Crippen LogP contribution in [0.1, 0.15) is 45.6 Å². The van der Waals surface area contributed by atoms with E-state index in [9.17, 15) is 9.59 Å². The fourth-order valence-corrected chi connectivity index (χ4v) is 2.17. The van der Waals surface area contributed by atoms with Gasteiger partial charge in [0, 0.05) is 11.6 Å². The first-order chi connectivity index (χ1) is 11.9. The summed E-state index contributed by atoms with van der Waals surface area (Å²) in [5.41, 5.74) is 1.81.